The second-order valence-corrected chi connectivity index (χ2v) is 4.24. The van der Waals surface area contributed by atoms with Crippen LogP contribution in [0.15, 0.2) is 48.4 Å². The molecule has 0 saturated heterocycles. The van der Waals surface area contributed by atoms with Gasteiger partial charge in [-0.05, 0) is 37.3 Å². The van der Waals surface area contributed by atoms with Crippen LogP contribution in [0.4, 0.5) is 5.69 Å². The Morgan fingerprint density at radius 3 is 2.47 bits per heavy atom. The van der Waals surface area contributed by atoms with E-state index in [4.69, 9.17) is 11.5 Å². The fraction of sp³-hybridized carbons (Fsp3) is 0.214. The lowest BCUT2D eigenvalue weighted by Crippen LogP contribution is -2.34. The molecule has 0 bridgehead atoms. The molecule has 0 radical (unpaired) electrons. The van der Waals surface area contributed by atoms with Crippen molar-refractivity contribution in [1.82, 2.24) is 5.32 Å². The topological polar surface area (TPSA) is 93.2 Å². The predicted octanol–water partition coefficient (Wildman–Crippen LogP) is 1.16. The molecule has 1 aromatic carbocycles. The van der Waals surface area contributed by atoms with Gasteiger partial charge in [0.1, 0.15) is 12.1 Å². The summed E-state index contributed by atoms with van der Waals surface area (Å²) < 4.78 is 0. The molecule has 5 nitrogen and oxygen atoms in total. The van der Waals surface area contributed by atoms with E-state index in [1.165, 1.54) is 0 Å². The van der Waals surface area contributed by atoms with E-state index in [1.54, 1.807) is 18.2 Å². The Hall–Kier alpha value is -2.43. The number of nitrogens with one attached hydrogen (secondary N) is 2. The zero-order valence-corrected chi connectivity index (χ0v) is 11.0. The maximum Gasteiger partial charge on any atom is 0.150 e. The highest BCUT2D eigenvalue weighted by molar-refractivity contribution is 5.75. The number of carbonyl (C=O) groups is 1. The zero-order chi connectivity index (χ0) is 14.3. The highest BCUT2D eigenvalue weighted by atomic mass is 16.1. The van der Waals surface area contributed by atoms with Crippen LogP contribution >= 0.6 is 0 Å². The van der Waals surface area contributed by atoms with Gasteiger partial charge < -0.3 is 22.1 Å². The van der Waals surface area contributed by atoms with Crippen molar-refractivity contribution in [2.75, 3.05) is 11.9 Å². The molecule has 1 rings (SSSR count). The van der Waals surface area contributed by atoms with Crippen LogP contribution in [0.25, 0.3) is 0 Å². The van der Waals surface area contributed by atoms with Crippen LogP contribution in [-0.2, 0) is 0 Å². The van der Waals surface area contributed by atoms with Crippen molar-refractivity contribution in [2.24, 2.45) is 11.5 Å². The number of carbonyl (C=O) groups excluding carboxylic acids is 1. The fourth-order valence-corrected chi connectivity index (χ4v) is 1.53. The van der Waals surface area contributed by atoms with Crippen molar-refractivity contribution < 1.29 is 4.79 Å². The van der Waals surface area contributed by atoms with Crippen LogP contribution < -0.4 is 22.1 Å². The highest BCUT2D eigenvalue weighted by Gasteiger charge is 2.04. The van der Waals surface area contributed by atoms with Gasteiger partial charge in [-0.15, -0.1) is 0 Å². The molecule has 0 fully saturated rings. The fourth-order valence-electron chi connectivity index (χ4n) is 1.53. The highest BCUT2D eigenvalue weighted by Crippen LogP contribution is 2.08. The SMILES string of the molecule is C=CC(NC(C)CNc1ccc(C=O)cc1)=C(N)N. The minimum atomic E-state index is 0.126. The zero-order valence-electron chi connectivity index (χ0n) is 11.0. The number of hydrogen-bond acceptors (Lipinski definition) is 5. The monoisotopic (exact) mass is 260 g/mol. The number of allylic oxidation sites excluding steroid dienone is 1. The normalized spacial score (nSPS) is 11.2. The smallest absolute Gasteiger partial charge is 0.150 e. The van der Waals surface area contributed by atoms with E-state index in [9.17, 15) is 4.79 Å². The average molecular weight is 260 g/mol. The Morgan fingerprint density at radius 2 is 2.00 bits per heavy atom. The molecule has 0 heterocycles. The van der Waals surface area contributed by atoms with Gasteiger partial charge in [0.25, 0.3) is 0 Å². The maximum atomic E-state index is 10.5. The Morgan fingerprint density at radius 1 is 1.37 bits per heavy atom. The quantitative estimate of drug-likeness (QED) is 0.436. The van der Waals surface area contributed by atoms with E-state index in [1.807, 2.05) is 19.1 Å². The summed E-state index contributed by atoms with van der Waals surface area (Å²) in [7, 11) is 0. The summed E-state index contributed by atoms with van der Waals surface area (Å²) in [6, 6.07) is 7.37. The number of benzene rings is 1. The van der Waals surface area contributed by atoms with Crippen LogP contribution in [0.3, 0.4) is 0 Å². The van der Waals surface area contributed by atoms with E-state index >= 15 is 0 Å². The minimum Gasteiger partial charge on any atom is -0.384 e. The molecule has 0 aliphatic rings. The van der Waals surface area contributed by atoms with Gasteiger partial charge in [0.15, 0.2) is 0 Å². The number of hydrogen-bond donors (Lipinski definition) is 4. The van der Waals surface area contributed by atoms with E-state index < -0.39 is 0 Å². The van der Waals surface area contributed by atoms with Crippen LogP contribution in [0.2, 0.25) is 0 Å². The lowest BCUT2D eigenvalue weighted by molar-refractivity contribution is 0.112. The van der Waals surface area contributed by atoms with Crippen molar-refractivity contribution in [1.29, 1.82) is 0 Å². The second kappa shape index (κ2) is 7.10. The average Bonchev–Trinajstić information content (AvgIpc) is 2.42. The molecular formula is C14H20N4O. The van der Waals surface area contributed by atoms with Gasteiger partial charge in [0, 0.05) is 23.8 Å². The molecule has 5 heteroatoms. The summed E-state index contributed by atoms with van der Waals surface area (Å²) in [6.07, 6.45) is 2.41. The first-order valence-corrected chi connectivity index (χ1v) is 6.00. The van der Waals surface area contributed by atoms with Crippen LogP contribution in [0.1, 0.15) is 17.3 Å². The summed E-state index contributed by atoms with van der Waals surface area (Å²) in [5, 5.41) is 6.40. The van der Waals surface area contributed by atoms with Crippen molar-refractivity contribution in [3.8, 4) is 0 Å². The molecule has 6 N–H and O–H groups in total. The second-order valence-electron chi connectivity index (χ2n) is 4.24. The summed E-state index contributed by atoms with van der Waals surface area (Å²) >= 11 is 0. The third-order valence-electron chi connectivity index (χ3n) is 2.58. The molecule has 0 saturated carbocycles. The first-order chi connectivity index (χ1) is 9.06. The van der Waals surface area contributed by atoms with Gasteiger partial charge >= 0.3 is 0 Å². The molecule has 1 aromatic rings. The van der Waals surface area contributed by atoms with E-state index in [0.717, 1.165) is 12.0 Å². The Kier molecular flexibility index (Phi) is 5.47. The largest absolute Gasteiger partial charge is 0.384 e. The van der Waals surface area contributed by atoms with Gasteiger partial charge in [-0.3, -0.25) is 4.79 Å². The molecule has 102 valence electrons. The summed E-state index contributed by atoms with van der Waals surface area (Å²) in [5.74, 6) is 0.220. The van der Waals surface area contributed by atoms with E-state index in [0.29, 0.717) is 17.8 Å². The van der Waals surface area contributed by atoms with Gasteiger partial charge in [0.2, 0.25) is 0 Å². The minimum absolute atomic E-state index is 0.126. The summed E-state index contributed by atoms with van der Waals surface area (Å²) in [4.78, 5) is 10.5. The van der Waals surface area contributed by atoms with E-state index in [-0.39, 0.29) is 11.9 Å². The van der Waals surface area contributed by atoms with Crippen molar-refractivity contribution in [3.63, 3.8) is 0 Å². The lowest BCUT2D eigenvalue weighted by atomic mass is 10.2. The maximum absolute atomic E-state index is 10.5. The Bertz CT molecular complexity index is 461. The van der Waals surface area contributed by atoms with Gasteiger partial charge in [0.05, 0.1) is 5.70 Å². The molecular weight excluding hydrogens is 240 g/mol. The predicted molar refractivity (Wildman–Crippen MR) is 78.5 cm³/mol. The lowest BCUT2D eigenvalue weighted by Gasteiger charge is -2.18. The van der Waals surface area contributed by atoms with E-state index in [2.05, 4.69) is 17.2 Å². The van der Waals surface area contributed by atoms with Crippen LogP contribution in [0, 0.1) is 0 Å². The van der Waals surface area contributed by atoms with Crippen LogP contribution in [0.5, 0.6) is 0 Å². The number of nitrogens with two attached hydrogens (primary N) is 2. The molecule has 0 aliphatic heterocycles. The van der Waals surface area contributed by atoms with Crippen molar-refractivity contribution >= 4 is 12.0 Å². The summed E-state index contributed by atoms with van der Waals surface area (Å²) in [6.45, 7) is 6.32. The number of aldehydes is 1. The molecule has 0 aromatic heterocycles. The molecule has 0 aliphatic carbocycles. The van der Waals surface area contributed by atoms with Gasteiger partial charge in [-0.1, -0.05) is 6.58 Å². The van der Waals surface area contributed by atoms with Crippen molar-refractivity contribution in [3.05, 3.63) is 54.0 Å². The van der Waals surface area contributed by atoms with Crippen LogP contribution in [-0.4, -0.2) is 18.9 Å². The molecule has 1 unspecified atom stereocenters. The number of rotatable bonds is 7. The Balaban J connectivity index is 2.49. The summed E-state index contributed by atoms with van der Waals surface area (Å²) in [5.41, 5.74) is 13.2. The number of anilines is 1. The van der Waals surface area contributed by atoms with Gasteiger partial charge in [-0.25, -0.2) is 0 Å². The first kappa shape index (κ1) is 14.6. The first-order valence-electron chi connectivity index (χ1n) is 6.00. The third-order valence-corrected chi connectivity index (χ3v) is 2.58. The standard InChI is InChI=1S/C14H20N4O/c1-3-13(14(15)16)18-10(2)8-17-12-6-4-11(9-19)5-7-12/h3-7,9-10,17-18H,1,8,15-16H2,2H3. The molecule has 0 spiro atoms. The molecule has 0 amide bonds. The molecule has 19 heavy (non-hydrogen) atoms. The third kappa shape index (κ3) is 4.75. The van der Waals surface area contributed by atoms with Gasteiger partial charge in [-0.2, -0.15) is 0 Å². The Labute approximate surface area is 113 Å². The molecule has 1 atom stereocenters. The van der Waals surface area contributed by atoms with Crippen molar-refractivity contribution in [2.45, 2.75) is 13.0 Å².